The summed E-state index contributed by atoms with van der Waals surface area (Å²) in [5.74, 6) is 0.993. The summed E-state index contributed by atoms with van der Waals surface area (Å²) in [5.41, 5.74) is 0.458. The van der Waals surface area contributed by atoms with E-state index in [1.807, 2.05) is 26.1 Å². The molecule has 1 saturated heterocycles. The second-order valence-electron chi connectivity index (χ2n) is 7.20. The molecule has 0 spiro atoms. The fraction of sp³-hybridized carbons (Fsp3) is 0.684. The van der Waals surface area contributed by atoms with Gasteiger partial charge in [0.1, 0.15) is 5.82 Å². The van der Waals surface area contributed by atoms with Gasteiger partial charge in [0.15, 0.2) is 0 Å². The van der Waals surface area contributed by atoms with Gasteiger partial charge < -0.3 is 20.6 Å². The monoisotopic (exact) mass is 348 g/mol. The lowest BCUT2D eigenvalue weighted by Crippen LogP contribution is -2.52. The molecule has 1 aromatic heterocycles. The van der Waals surface area contributed by atoms with Crippen LogP contribution in [0.5, 0.6) is 0 Å². The van der Waals surface area contributed by atoms with Crippen LogP contribution >= 0.6 is 0 Å². The van der Waals surface area contributed by atoms with Crippen LogP contribution in [0.1, 0.15) is 57.9 Å². The Labute approximate surface area is 151 Å². The van der Waals surface area contributed by atoms with Crippen molar-refractivity contribution in [2.75, 3.05) is 24.6 Å². The second kappa shape index (κ2) is 9.61. The molecule has 140 valence electrons. The zero-order valence-electron chi connectivity index (χ0n) is 15.6. The first-order valence-electron chi connectivity index (χ1n) is 9.43. The Morgan fingerprint density at radius 2 is 2.04 bits per heavy atom. The van der Waals surface area contributed by atoms with Gasteiger partial charge in [-0.3, -0.25) is 0 Å². The highest BCUT2D eigenvalue weighted by atomic mass is 16.3. The molecule has 0 saturated carbocycles. The number of hydrogen-bond donors (Lipinski definition) is 3. The smallest absolute Gasteiger partial charge is 0.315 e. The number of hydrogen-bond acceptors (Lipinski definition) is 4. The Bertz CT molecular complexity index is 544. The molecule has 0 aromatic carbocycles. The number of carbonyl (C=O) groups excluding carboxylic acids is 1. The number of nitrogens with one attached hydrogen (secondary N) is 2. The van der Waals surface area contributed by atoms with Gasteiger partial charge >= 0.3 is 6.03 Å². The molecular weight excluding hydrogens is 316 g/mol. The molecule has 0 aliphatic carbocycles. The van der Waals surface area contributed by atoms with Crippen molar-refractivity contribution in [3.63, 3.8) is 0 Å². The number of nitrogens with zero attached hydrogens (tertiary/aromatic N) is 2. The first-order valence-corrected chi connectivity index (χ1v) is 9.43. The molecule has 2 rings (SSSR count). The molecule has 3 N–H and O–H groups in total. The number of urea groups is 1. The summed E-state index contributed by atoms with van der Waals surface area (Å²) in [4.78, 5) is 19.0. The summed E-state index contributed by atoms with van der Waals surface area (Å²) in [6.45, 7) is 6.38. The lowest BCUT2D eigenvalue weighted by molar-refractivity contribution is 0.163. The molecule has 1 fully saturated rings. The van der Waals surface area contributed by atoms with Crippen LogP contribution in [0.4, 0.5) is 10.6 Å². The third-order valence-electron chi connectivity index (χ3n) is 4.76. The van der Waals surface area contributed by atoms with Crippen molar-refractivity contribution in [3.8, 4) is 0 Å². The lowest BCUT2D eigenvalue weighted by Gasteiger charge is -2.28. The van der Waals surface area contributed by atoms with E-state index in [1.54, 1.807) is 0 Å². The minimum atomic E-state index is -0.575. The predicted octanol–water partition coefficient (Wildman–Crippen LogP) is 2.81. The van der Waals surface area contributed by atoms with E-state index < -0.39 is 5.54 Å². The van der Waals surface area contributed by atoms with Crippen molar-refractivity contribution in [2.45, 2.75) is 64.5 Å². The maximum absolute atomic E-state index is 12.1. The van der Waals surface area contributed by atoms with Gasteiger partial charge in [-0.15, -0.1) is 0 Å². The highest BCUT2D eigenvalue weighted by molar-refractivity contribution is 5.74. The number of anilines is 1. The van der Waals surface area contributed by atoms with Crippen molar-refractivity contribution in [1.82, 2.24) is 15.6 Å². The highest BCUT2D eigenvalue weighted by Gasteiger charge is 2.24. The van der Waals surface area contributed by atoms with Crippen molar-refractivity contribution in [1.29, 1.82) is 0 Å². The van der Waals surface area contributed by atoms with E-state index in [0.29, 0.717) is 6.54 Å². The van der Waals surface area contributed by atoms with E-state index in [-0.39, 0.29) is 12.6 Å². The molecule has 2 amide bonds. The SMILES string of the molecule is CCCC(C)(CO)NC(=O)NCc1ccnc(N2CCCCCC2)c1. The molecule has 1 unspecified atom stereocenters. The Hall–Kier alpha value is -1.82. The van der Waals surface area contributed by atoms with Crippen molar-refractivity contribution in [3.05, 3.63) is 23.9 Å². The molecule has 1 aromatic rings. The van der Waals surface area contributed by atoms with Crippen LogP contribution in [0, 0.1) is 0 Å². The number of aliphatic hydroxyl groups is 1. The molecule has 2 heterocycles. The van der Waals surface area contributed by atoms with Crippen LogP contribution in [-0.2, 0) is 6.54 Å². The average Bonchev–Trinajstić information content (AvgIpc) is 2.90. The molecular formula is C19H32N4O2. The van der Waals surface area contributed by atoms with Gasteiger partial charge in [0.05, 0.1) is 12.1 Å². The zero-order valence-corrected chi connectivity index (χ0v) is 15.6. The van der Waals surface area contributed by atoms with E-state index in [4.69, 9.17) is 0 Å². The van der Waals surface area contributed by atoms with Crippen LogP contribution in [0.25, 0.3) is 0 Å². The van der Waals surface area contributed by atoms with Crippen LogP contribution in [0.2, 0.25) is 0 Å². The van der Waals surface area contributed by atoms with Crippen molar-refractivity contribution in [2.24, 2.45) is 0 Å². The molecule has 1 atom stereocenters. The molecule has 0 radical (unpaired) electrons. The standard InChI is InChI=1S/C19H32N4O2/c1-3-9-19(2,15-24)22-18(25)21-14-16-8-10-20-17(13-16)23-11-6-4-5-7-12-23/h8,10,13,24H,3-7,9,11-12,14-15H2,1-2H3,(H2,21,22,25). The van der Waals surface area contributed by atoms with Crippen LogP contribution < -0.4 is 15.5 Å². The summed E-state index contributed by atoms with van der Waals surface area (Å²) in [7, 11) is 0. The second-order valence-corrected chi connectivity index (χ2v) is 7.20. The van der Waals surface area contributed by atoms with E-state index >= 15 is 0 Å². The summed E-state index contributed by atoms with van der Waals surface area (Å²) < 4.78 is 0. The van der Waals surface area contributed by atoms with E-state index in [0.717, 1.165) is 37.3 Å². The van der Waals surface area contributed by atoms with E-state index in [9.17, 15) is 9.90 Å². The summed E-state index contributed by atoms with van der Waals surface area (Å²) in [6, 6.07) is 3.74. The third-order valence-corrected chi connectivity index (χ3v) is 4.76. The Kier molecular flexibility index (Phi) is 7.50. The van der Waals surface area contributed by atoms with Gasteiger partial charge in [-0.05, 0) is 43.9 Å². The van der Waals surface area contributed by atoms with E-state index in [1.165, 1.54) is 25.7 Å². The molecule has 6 heteroatoms. The fourth-order valence-corrected chi connectivity index (χ4v) is 3.28. The lowest BCUT2D eigenvalue weighted by atomic mass is 9.98. The Balaban J connectivity index is 1.90. The van der Waals surface area contributed by atoms with Crippen molar-refractivity contribution < 1.29 is 9.90 Å². The molecule has 0 bridgehead atoms. The first-order chi connectivity index (χ1) is 12.1. The third kappa shape index (κ3) is 6.20. The van der Waals surface area contributed by atoms with Gasteiger partial charge in [-0.1, -0.05) is 26.2 Å². The molecule has 25 heavy (non-hydrogen) atoms. The topological polar surface area (TPSA) is 77.5 Å². The quantitative estimate of drug-likeness (QED) is 0.708. The van der Waals surface area contributed by atoms with E-state index in [2.05, 4.69) is 26.6 Å². The molecule has 1 aliphatic heterocycles. The van der Waals surface area contributed by atoms with Gasteiger partial charge in [-0.2, -0.15) is 0 Å². The van der Waals surface area contributed by atoms with Gasteiger partial charge in [-0.25, -0.2) is 9.78 Å². The molecule has 6 nitrogen and oxygen atoms in total. The minimum Gasteiger partial charge on any atom is -0.394 e. The number of aromatic nitrogens is 1. The number of rotatable bonds is 7. The Morgan fingerprint density at radius 3 is 2.68 bits per heavy atom. The first kappa shape index (κ1) is 19.5. The predicted molar refractivity (Wildman–Crippen MR) is 101 cm³/mol. The average molecular weight is 348 g/mol. The van der Waals surface area contributed by atoms with Gasteiger partial charge in [0.2, 0.25) is 0 Å². The maximum atomic E-state index is 12.1. The normalized spacial score (nSPS) is 17.5. The number of amides is 2. The highest BCUT2D eigenvalue weighted by Crippen LogP contribution is 2.18. The van der Waals surface area contributed by atoms with Crippen molar-refractivity contribution >= 4 is 11.8 Å². The van der Waals surface area contributed by atoms with Crippen LogP contribution in [-0.4, -0.2) is 41.4 Å². The molecule has 1 aliphatic rings. The van der Waals surface area contributed by atoms with Crippen LogP contribution in [0.15, 0.2) is 18.3 Å². The number of carbonyl (C=O) groups is 1. The largest absolute Gasteiger partial charge is 0.394 e. The minimum absolute atomic E-state index is 0.0668. The zero-order chi connectivity index (χ0) is 18.1. The maximum Gasteiger partial charge on any atom is 0.315 e. The van der Waals surface area contributed by atoms with Gasteiger partial charge in [0, 0.05) is 25.8 Å². The summed E-state index contributed by atoms with van der Waals surface area (Å²) in [5, 5.41) is 15.3. The summed E-state index contributed by atoms with van der Waals surface area (Å²) in [6.07, 6.45) is 8.46. The number of aliphatic hydroxyl groups excluding tert-OH is 1. The Morgan fingerprint density at radius 1 is 1.32 bits per heavy atom. The summed E-state index contributed by atoms with van der Waals surface area (Å²) >= 11 is 0. The van der Waals surface area contributed by atoms with Crippen LogP contribution in [0.3, 0.4) is 0 Å². The fourth-order valence-electron chi connectivity index (χ4n) is 3.28. The number of pyridine rings is 1. The van der Waals surface area contributed by atoms with Gasteiger partial charge in [0.25, 0.3) is 0 Å².